The lowest BCUT2D eigenvalue weighted by Crippen LogP contribution is -2.13. The molecule has 2 aromatic carbocycles. The molecule has 0 saturated heterocycles. The van der Waals surface area contributed by atoms with E-state index in [9.17, 15) is 14.4 Å². The van der Waals surface area contributed by atoms with Crippen molar-refractivity contribution in [3.63, 3.8) is 0 Å². The highest BCUT2D eigenvalue weighted by molar-refractivity contribution is 5.90. The van der Waals surface area contributed by atoms with Gasteiger partial charge in [-0.2, -0.15) is 0 Å². The van der Waals surface area contributed by atoms with Gasteiger partial charge in [0.2, 0.25) is 0 Å². The van der Waals surface area contributed by atoms with Gasteiger partial charge in [0.1, 0.15) is 17.9 Å². The van der Waals surface area contributed by atoms with Crippen LogP contribution in [0.1, 0.15) is 23.6 Å². The third-order valence-corrected chi connectivity index (χ3v) is 4.56. The summed E-state index contributed by atoms with van der Waals surface area (Å²) in [4.78, 5) is 35.8. The summed E-state index contributed by atoms with van der Waals surface area (Å²) in [5.74, 6) is 0.261. The van der Waals surface area contributed by atoms with Crippen molar-refractivity contribution in [1.82, 2.24) is 0 Å². The first-order valence-corrected chi connectivity index (χ1v) is 9.69. The molecule has 162 valence electrons. The molecule has 0 atom stereocenters. The number of amides is 1. The number of rotatable bonds is 7. The fourth-order valence-corrected chi connectivity index (χ4v) is 3.06. The first-order valence-electron chi connectivity index (χ1n) is 9.69. The molecule has 1 amide bonds. The van der Waals surface area contributed by atoms with Crippen LogP contribution in [0.5, 0.6) is 5.75 Å². The SMILES string of the molecule is CCOC(=O)Nc1ccc2c(COC(=O)Cc3ccc(C)c(OC)c3)cc(=O)oc2c1. The fourth-order valence-electron chi connectivity index (χ4n) is 3.06. The topological polar surface area (TPSA) is 104 Å². The van der Waals surface area contributed by atoms with Gasteiger partial charge in [-0.1, -0.05) is 12.1 Å². The molecule has 0 radical (unpaired) electrons. The van der Waals surface area contributed by atoms with Gasteiger partial charge < -0.3 is 18.6 Å². The van der Waals surface area contributed by atoms with Crippen LogP contribution in [-0.4, -0.2) is 25.8 Å². The van der Waals surface area contributed by atoms with Crippen molar-refractivity contribution in [2.45, 2.75) is 26.9 Å². The lowest BCUT2D eigenvalue weighted by molar-refractivity contribution is -0.144. The van der Waals surface area contributed by atoms with Gasteiger partial charge in [0.05, 0.1) is 20.1 Å². The minimum Gasteiger partial charge on any atom is -0.496 e. The summed E-state index contributed by atoms with van der Waals surface area (Å²) >= 11 is 0. The van der Waals surface area contributed by atoms with E-state index in [1.807, 2.05) is 19.1 Å². The van der Waals surface area contributed by atoms with Crippen LogP contribution in [0.4, 0.5) is 10.5 Å². The number of aryl methyl sites for hydroxylation is 1. The molecule has 8 nitrogen and oxygen atoms in total. The van der Waals surface area contributed by atoms with Crippen LogP contribution in [0.2, 0.25) is 0 Å². The number of fused-ring (bicyclic) bond motifs is 1. The van der Waals surface area contributed by atoms with Gasteiger partial charge in [-0.15, -0.1) is 0 Å². The molecule has 3 aromatic rings. The fraction of sp³-hybridized carbons (Fsp3) is 0.261. The lowest BCUT2D eigenvalue weighted by atomic mass is 10.1. The van der Waals surface area contributed by atoms with Crippen molar-refractivity contribution >= 4 is 28.7 Å². The summed E-state index contributed by atoms with van der Waals surface area (Å²) in [6.07, 6.45) is -0.536. The molecule has 3 rings (SSSR count). The molecule has 0 fully saturated rings. The van der Waals surface area contributed by atoms with Crippen LogP contribution in [0.3, 0.4) is 0 Å². The minimum absolute atomic E-state index is 0.0730. The first kappa shape index (κ1) is 21.9. The molecule has 1 aromatic heterocycles. The highest BCUT2D eigenvalue weighted by Gasteiger charge is 2.12. The Morgan fingerprint density at radius 1 is 1.06 bits per heavy atom. The Labute approximate surface area is 178 Å². The van der Waals surface area contributed by atoms with E-state index >= 15 is 0 Å². The summed E-state index contributed by atoms with van der Waals surface area (Å²) in [6.45, 7) is 3.76. The van der Waals surface area contributed by atoms with Crippen LogP contribution in [0.15, 0.2) is 51.7 Å². The predicted molar refractivity (Wildman–Crippen MR) is 114 cm³/mol. The molecule has 0 aliphatic carbocycles. The molecular formula is C23H23NO7. The highest BCUT2D eigenvalue weighted by Crippen LogP contribution is 2.23. The average Bonchev–Trinajstić information content (AvgIpc) is 2.73. The molecule has 0 aliphatic rings. The van der Waals surface area contributed by atoms with Crippen molar-refractivity contribution in [2.75, 3.05) is 19.0 Å². The van der Waals surface area contributed by atoms with Crippen molar-refractivity contribution in [3.05, 3.63) is 69.6 Å². The molecule has 0 aliphatic heterocycles. The van der Waals surface area contributed by atoms with Crippen molar-refractivity contribution in [2.24, 2.45) is 0 Å². The third-order valence-electron chi connectivity index (χ3n) is 4.56. The summed E-state index contributed by atoms with van der Waals surface area (Å²) in [5.41, 5.74) is 2.32. The number of anilines is 1. The maximum atomic E-state index is 12.3. The molecule has 0 unspecified atom stereocenters. The monoisotopic (exact) mass is 425 g/mol. The minimum atomic E-state index is -0.609. The summed E-state index contributed by atoms with van der Waals surface area (Å²) in [7, 11) is 1.57. The maximum absolute atomic E-state index is 12.3. The summed E-state index contributed by atoms with van der Waals surface area (Å²) in [6, 6.07) is 11.6. The quantitative estimate of drug-likeness (QED) is 0.451. The molecule has 1 heterocycles. The Morgan fingerprint density at radius 2 is 1.87 bits per heavy atom. The number of carbonyl (C=O) groups is 2. The van der Waals surface area contributed by atoms with Gasteiger partial charge in [0, 0.05) is 28.8 Å². The number of ether oxygens (including phenoxy) is 3. The standard InChI is InChI=1S/C23H23NO7/c1-4-29-23(27)24-17-7-8-18-16(11-22(26)31-20(18)12-17)13-30-21(25)10-15-6-5-14(2)19(9-15)28-3/h5-9,11-12H,4,10,13H2,1-3H3,(H,24,27). The normalized spacial score (nSPS) is 10.5. The van der Waals surface area contributed by atoms with Gasteiger partial charge in [-0.25, -0.2) is 9.59 Å². The van der Waals surface area contributed by atoms with E-state index in [0.29, 0.717) is 22.4 Å². The number of hydrogen-bond donors (Lipinski definition) is 1. The van der Waals surface area contributed by atoms with Gasteiger partial charge in [0.25, 0.3) is 0 Å². The smallest absolute Gasteiger partial charge is 0.411 e. The molecular weight excluding hydrogens is 402 g/mol. The summed E-state index contributed by atoms with van der Waals surface area (Å²) < 4.78 is 20.7. The largest absolute Gasteiger partial charge is 0.496 e. The Balaban J connectivity index is 1.73. The molecule has 0 saturated carbocycles. The predicted octanol–water partition coefficient (Wildman–Crippen LogP) is 3.96. The van der Waals surface area contributed by atoms with Gasteiger partial charge >= 0.3 is 17.7 Å². The van der Waals surface area contributed by atoms with E-state index in [4.69, 9.17) is 18.6 Å². The Bertz CT molecular complexity index is 1170. The van der Waals surface area contributed by atoms with E-state index in [0.717, 1.165) is 11.1 Å². The number of esters is 1. The van der Waals surface area contributed by atoms with Crippen molar-refractivity contribution in [1.29, 1.82) is 0 Å². The number of nitrogens with one attached hydrogen (secondary N) is 1. The molecule has 31 heavy (non-hydrogen) atoms. The zero-order valence-electron chi connectivity index (χ0n) is 17.5. The molecule has 0 spiro atoms. The second-order valence-electron chi connectivity index (χ2n) is 6.79. The van der Waals surface area contributed by atoms with Crippen LogP contribution in [0, 0.1) is 6.92 Å². The van der Waals surface area contributed by atoms with E-state index in [1.54, 1.807) is 32.2 Å². The van der Waals surface area contributed by atoms with E-state index in [2.05, 4.69) is 5.32 Å². The average molecular weight is 425 g/mol. The van der Waals surface area contributed by atoms with E-state index in [1.165, 1.54) is 12.1 Å². The number of methoxy groups -OCH3 is 1. The Morgan fingerprint density at radius 3 is 2.61 bits per heavy atom. The first-order chi connectivity index (χ1) is 14.9. The summed E-state index contributed by atoms with van der Waals surface area (Å²) in [5, 5.41) is 3.14. The van der Waals surface area contributed by atoms with Crippen molar-refractivity contribution in [3.8, 4) is 5.75 Å². The van der Waals surface area contributed by atoms with Crippen LogP contribution in [-0.2, 0) is 27.3 Å². The highest BCUT2D eigenvalue weighted by atomic mass is 16.5. The van der Waals surface area contributed by atoms with Gasteiger partial charge in [-0.3, -0.25) is 10.1 Å². The third kappa shape index (κ3) is 5.63. The van der Waals surface area contributed by atoms with Crippen LogP contribution >= 0.6 is 0 Å². The zero-order valence-corrected chi connectivity index (χ0v) is 17.5. The lowest BCUT2D eigenvalue weighted by Gasteiger charge is -2.10. The zero-order chi connectivity index (χ0) is 22.4. The van der Waals surface area contributed by atoms with Crippen LogP contribution in [0.25, 0.3) is 11.0 Å². The Hall–Kier alpha value is -3.81. The van der Waals surface area contributed by atoms with E-state index in [-0.39, 0.29) is 25.2 Å². The van der Waals surface area contributed by atoms with Gasteiger partial charge in [0.15, 0.2) is 0 Å². The van der Waals surface area contributed by atoms with Gasteiger partial charge in [-0.05, 0) is 43.2 Å². The van der Waals surface area contributed by atoms with Crippen LogP contribution < -0.4 is 15.7 Å². The molecule has 0 bridgehead atoms. The maximum Gasteiger partial charge on any atom is 0.411 e. The van der Waals surface area contributed by atoms with Crippen molar-refractivity contribution < 1.29 is 28.2 Å². The number of hydrogen-bond acceptors (Lipinski definition) is 7. The number of carbonyl (C=O) groups excluding carboxylic acids is 2. The van der Waals surface area contributed by atoms with E-state index < -0.39 is 17.7 Å². The molecule has 8 heteroatoms. The molecule has 1 N–H and O–H groups in total. The Kier molecular flexibility index (Phi) is 6.92. The second kappa shape index (κ2) is 9.80. The number of benzene rings is 2. The second-order valence-corrected chi connectivity index (χ2v) is 6.79.